The van der Waals surface area contributed by atoms with E-state index in [1.165, 1.54) is 17.7 Å². The van der Waals surface area contributed by atoms with Crippen molar-refractivity contribution in [1.82, 2.24) is 9.55 Å². The normalized spacial score (nSPS) is 10.1. The van der Waals surface area contributed by atoms with Crippen LogP contribution in [0.5, 0.6) is 0 Å². The lowest BCUT2D eigenvalue weighted by molar-refractivity contribution is -0.117. The Morgan fingerprint density at radius 1 is 1.50 bits per heavy atom. The molecular weight excluding hydrogens is 184 g/mol. The Kier molecular flexibility index (Phi) is 3.01. The predicted octanol–water partition coefficient (Wildman–Crippen LogP) is -0.176. The van der Waals surface area contributed by atoms with Gasteiger partial charge in [0, 0.05) is 24.7 Å². The van der Waals surface area contributed by atoms with Gasteiger partial charge in [0.15, 0.2) is 0 Å². The summed E-state index contributed by atoms with van der Waals surface area (Å²) in [5.41, 5.74) is -0.385. The largest absolute Gasteiger partial charge is 0.328 e. The zero-order valence-corrected chi connectivity index (χ0v) is 8.16. The van der Waals surface area contributed by atoms with Gasteiger partial charge >= 0.3 is 5.69 Å². The minimum Gasteiger partial charge on any atom is -0.300 e. The second-order valence-electron chi connectivity index (χ2n) is 3.22. The molecule has 5 nitrogen and oxygen atoms in total. The number of hydrogen-bond acceptors (Lipinski definition) is 3. The number of Topliss-reactive ketones (excluding diaryl/α,β-unsaturated/α-hetero) is 1. The van der Waals surface area contributed by atoms with Crippen LogP contribution in [0.4, 0.5) is 0 Å². The summed E-state index contributed by atoms with van der Waals surface area (Å²) >= 11 is 0. The number of nitrogens with one attached hydrogen (secondary N) is 1. The molecule has 0 radical (unpaired) electrons. The third-order valence-electron chi connectivity index (χ3n) is 1.89. The van der Waals surface area contributed by atoms with Gasteiger partial charge in [0.2, 0.25) is 0 Å². The SMILES string of the molecule is CC(=O)CCn1cc(C)c(=O)[nH]c1=O. The first-order valence-electron chi connectivity index (χ1n) is 4.30. The van der Waals surface area contributed by atoms with Gasteiger partial charge in [-0.25, -0.2) is 4.79 Å². The molecule has 1 aromatic rings. The molecule has 0 bridgehead atoms. The molecule has 1 heterocycles. The van der Waals surface area contributed by atoms with Crippen molar-refractivity contribution in [1.29, 1.82) is 0 Å². The Morgan fingerprint density at radius 3 is 2.71 bits per heavy atom. The summed E-state index contributed by atoms with van der Waals surface area (Å²) in [5, 5.41) is 0. The van der Waals surface area contributed by atoms with Crippen molar-refractivity contribution < 1.29 is 4.79 Å². The number of aryl methyl sites for hydroxylation is 2. The standard InChI is InChI=1S/C9H12N2O3/c1-6-5-11(4-3-7(2)12)9(14)10-8(6)13/h5H,3-4H2,1-2H3,(H,10,13,14). The molecule has 0 aliphatic rings. The van der Waals surface area contributed by atoms with Gasteiger partial charge in [-0.1, -0.05) is 0 Å². The topological polar surface area (TPSA) is 71.9 Å². The minimum atomic E-state index is -0.471. The highest BCUT2D eigenvalue weighted by Crippen LogP contribution is 1.89. The third-order valence-corrected chi connectivity index (χ3v) is 1.89. The van der Waals surface area contributed by atoms with Gasteiger partial charge in [-0.3, -0.25) is 19.1 Å². The maximum Gasteiger partial charge on any atom is 0.328 e. The van der Waals surface area contributed by atoms with Crippen LogP contribution in [0.1, 0.15) is 18.9 Å². The summed E-state index contributed by atoms with van der Waals surface area (Å²) in [6, 6.07) is 0. The highest BCUT2D eigenvalue weighted by Gasteiger charge is 2.01. The van der Waals surface area contributed by atoms with Crippen LogP contribution in [0.3, 0.4) is 0 Å². The average molecular weight is 196 g/mol. The molecule has 0 fully saturated rings. The van der Waals surface area contributed by atoms with Gasteiger partial charge in [0.25, 0.3) is 5.56 Å². The first kappa shape index (κ1) is 10.4. The Labute approximate surface area is 80.4 Å². The van der Waals surface area contributed by atoms with Crippen molar-refractivity contribution in [3.63, 3.8) is 0 Å². The predicted molar refractivity (Wildman–Crippen MR) is 51.4 cm³/mol. The van der Waals surface area contributed by atoms with Crippen molar-refractivity contribution >= 4 is 5.78 Å². The van der Waals surface area contributed by atoms with Crippen LogP contribution in [0.15, 0.2) is 15.8 Å². The first-order valence-corrected chi connectivity index (χ1v) is 4.30. The van der Waals surface area contributed by atoms with E-state index < -0.39 is 5.69 Å². The van der Waals surface area contributed by atoms with E-state index in [1.807, 2.05) is 0 Å². The summed E-state index contributed by atoms with van der Waals surface area (Å²) in [4.78, 5) is 35.1. The molecule has 5 heteroatoms. The van der Waals surface area contributed by atoms with E-state index in [0.29, 0.717) is 18.5 Å². The zero-order valence-electron chi connectivity index (χ0n) is 8.16. The quantitative estimate of drug-likeness (QED) is 0.729. The number of H-pyrrole nitrogens is 1. The molecule has 0 aromatic carbocycles. The van der Waals surface area contributed by atoms with E-state index in [4.69, 9.17) is 0 Å². The van der Waals surface area contributed by atoms with E-state index >= 15 is 0 Å². The molecule has 1 N–H and O–H groups in total. The minimum absolute atomic E-state index is 0.0146. The van der Waals surface area contributed by atoms with Crippen LogP contribution in [-0.2, 0) is 11.3 Å². The number of rotatable bonds is 3. The van der Waals surface area contributed by atoms with E-state index in [0.717, 1.165) is 0 Å². The Hall–Kier alpha value is -1.65. The number of aromatic amines is 1. The van der Waals surface area contributed by atoms with Crippen LogP contribution in [0, 0.1) is 6.92 Å². The smallest absolute Gasteiger partial charge is 0.300 e. The van der Waals surface area contributed by atoms with E-state index in [1.54, 1.807) is 6.92 Å². The molecule has 0 unspecified atom stereocenters. The summed E-state index contributed by atoms with van der Waals surface area (Å²) in [6.07, 6.45) is 1.76. The Morgan fingerprint density at radius 2 is 2.14 bits per heavy atom. The molecule has 0 aliphatic heterocycles. The number of aromatic nitrogens is 2. The number of nitrogens with zero attached hydrogens (tertiary/aromatic N) is 1. The first-order chi connectivity index (χ1) is 6.50. The van der Waals surface area contributed by atoms with E-state index in [2.05, 4.69) is 4.98 Å². The van der Waals surface area contributed by atoms with Crippen LogP contribution < -0.4 is 11.2 Å². The number of hydrogen-bond donors (Lipinski definition) is 1. The zero-order chi connectivity index (χ0) is 10.7. The van der Waals surface area contributed by atoms with Crippen LogP contribution in [0.25, 0.3) is 0 Å². The van der Waals surface area contributed by atoms with Crippen molar-refractivity contribution in [2.45, 2.75) is 26.8 Å². The lowest BCUT2D eigenvalue weighted by Gasteiger charge is -2.03. The third kappa shape index (κ3) is 2.42. The summed E-state index contributed by atoms with van der Waals surface area (Å²) in [7, 11) is 0. The van der Waals surface area contributed by atoms with Crippen molar-refractivity contribution in [2.24, 2.45) is 0 Å². The molecule has 0 aliphatic carbocycles. The summed E-state index contributed by atoms with van der Waals surface area (Å²) in [6.45, 7) is 3.39. The second-order valence-corrected chi connectivity index (χ2v) is 3.22. The van der Waals surface area contributed by atoms with Crippen LogP contribution >= 0.6 is 0 Å². The highest BCUT2D eigenvalue weighted by molar-refractivity contribution is 5.75. The fourth-order valence-electron chi connectivity index (χ4n) is 1.06. The van der Waals surface area contributed by atoms with Crippen LogP contribution in [-0.4, -0.2) is 15.3 Å². The lowest BCUT2D eigenvalue weighted by atomic mass is 10.3. The van der Waals surface area contributed by atoms with Gasteiger partial charge in [0.05, 0.1) is 0 Å². The molecule has 76 valence electrons. The average Bonchev–Trinajstić information content (AvgIpc) is 2.09. The van der Waals surface area contributed by atoms with Crippen molar-refractivity contribution in [3.05, 3.63) is 32.6 Å². The lowest BCUT2D eigenvalue weighted by Crippen LogP contribution is -2.31. The molecule has 0 saturated heterocycles. The maximum atomic E-state index is 11.2. The molecular formula is C9H12N2O3. The van der Waals surface area contributed by atoms with Gasteiger partial charge < -0.3 is 0 Å². The molecule has 0 atom stereocenters. The van der Waals surface area contributed by atoms with E-state index in [9.17, 15) is 14.4 Å². The molecule has 1 rings (SSSR count). The van der Waals surface area contributed by atoms with Crippen molar-refractivity contribution in [3.8, 4) is 0 Å². The van der Waals surface area contributed by atoms with E-state index in [-0.39, 0.29) is 11.3 Å². The molecule has 1 aromatic heterocycles. The molecule has 0 saturated carbocycles. The van der Waals surface area contributed by atoms with Gasteiger partial charge in [-0.15, -0.1) is 0 Å². The van der Waals surface area contributed by atoms with Crippen molar-refractivity contribution in [2.75, 3.05) is 0 Å². The summed E-state index contributed by atoms with van der Waals surface area (Å²) in [5.74, 6) is 0.0146. The molecule has 0 amide bonds. The number of carbonyl (C=O) groups is 1. The number of ketones is 1. The van der Waals surface area contributed by atoms with Gasteiger partial charge in [-0.05, 0) is 13.8 Å². The monoisotopic (exact) mass is 196 g/mol. The molecule has 0 spiro atoms. The molecule has 14 heavy (non-hydrogen) atoms. The second kappa shape index (κ2) is 4.04. The van der Waals surface area contributed by atoms with Crippen LogP contribution in [0.2, 0.25) is 0 Å². The fraction of sp³-hybridized carbons (Fsp3) is 0.444. The van der Waals surface area contributed by atoms with Gasteiger partial charge in [-0.2, -0.15) is 0 Å². The highest BCUT2D eigenvalue weighted by atomic mass is 16.2. The fourth-order valence-corrected chi connectivity index (χ4v) is 1.06. The van der Waals surface area contributed by atoms with Gasteiger partial charge in [0.1, 0.15) is 5.78 Å². The Balaban J connectivity index is 2.99. The summed E-state index contributed by atoms with van der Waals surface area (Å²) < 4.78 is 1.33. The Bertz CT molecular complexity index is 456. The maximum absolute atomic E-state index is 11.2. The number of carbonyl (C=O) groups excluding carboxylic acids is 1.